The molecule has 1 aromatic rings. The van der Waals surface area contributed by atoms with E-state index in [4.69, 9.17) is 5.26 Å². The molecule has 0 bridgehead atoms. The van der Waals surface area contributed by atoms with Crippen molar-refractivity contribution in [1.29, 1.82) is 5.26 Å². The number of aliphatic hydroxyl groups excluding tert-OH is 1. The van der Waals surface area contributed by atoms with Crippen LogP contribution < -0.4 is 0 Å². The fourth-order valence-electron chi connectivity index (χ4n) is 2.64. The Morgan fingerprint density at radius 1 is 1.57 bits per heavy atom. The number of carbonyl (C=O) groups is 1. The third-order valence-corrected chi connectivity index (χ3v) is 3.73. The quantitative estimate of drug-likeness (QED) is 0.929. The Bertz CT molecular complexity index is 580. The van der Waals surface area contributed by atoms with Crippen molar-refractivity contribution < 1.29 is 14.3 Å². The van der Waals surface area contributed by atoms with Crippen LogP contribution in [-0.4, -0.2) is 28.6 Å². The molecule has 2 rings (SSSR count). The predicted octanol–water partition coefficient (Wildman–Crippen LogP) is 2.40. The summed E-state index contributed by atoms with van der Waals surface area (Å²) >= 11 is 0. The first-order valence-electron chi connectivity index (χ1n) is 6.96. The molecule has 1 aliphatic heterocycles. The standard InChI is InChI=1S/C16H19FN2O2/c1-16(2,10-18)8-15(21)19-9-13(20)7-14(19)11-4-3-5-12(17)6-11/h3-6,13-14,20H,7-9H2,1-2H3/t13-,14-/m0/s1. The van der Waals surface area contributed by atoms with E-state index in [9.17, 15) is 14.3 Å². The molecule has 1 fully saturated rings. The molecular weight excluding hydrogens is 271 g/mol. The minimum absolute atomic E-state index is 0.0854. The van der Waals surface area contributed by atoms with Gasteiger partial charge in [-0.1, -0.05) is 12.1 Å². The van der Waals surface area contributed by atoms with E-state index in [0.717, 1.165) is 0 Å². The molecule has 1 aliphatic rings. The molecule has 0 saturated carbocycles. The maximum absolute atomic E-state index is 13.4. The predicted molar refractivity (Wildman–Crippen MR) is 75.5 cm³/mol. The van der Waals surface area contributed by atoms with Crippen molar-refractivity contribution in [3.05, 3.63) is 35.6 Å². The Hall–Kier alpha value is -1.93. The zero-order valence-electron chi connectivity index (χ0n) is 12.2. The highest BCUT2D eigenvalue weighted by Gasteiger charge is 2.37. The second-order valence-corrected chi connectivity index (χ2v) is 6.18. The van der Waals surface area contributed by atoms with Crippen LogP contribution >= 0.6 is 0 Å². The van der Waals surface area contributed by atoms with Gasteiger partial charge in [0.15, 0.2) is 0 Å². The molecule has 2 atom stereocenters. The molecule has 5 heteroatoms. The monoisotopic (exact) mass is 290 g/mol. The molecule has 1 N–H and O–H groups in total. The lowest BCUT2D eigenvalue weighted by molar-refractivity contribution is -0.133. The number of hydrogen-bond acceptors (Lipinski definition) is 3. The lowest BCUT2D eigenvalue weighted by atomic mass is 9.90. The number of nitriles is 1. The summed E-state index contributed by atoms with van der Waals surface area (Å²) in [7, 11) is 0. The number of halogens is 1. The Labute approximate surface area is 123 Å². The second kappa shape index (κ2) is 5.82. The maximum atomic E-state index is 13.4. The van der Waals surface area contributed by atoms with E-state index in [2.05, 4.69) is 6.07 Å². The second-order valence-electron chi connectivity index (χ2n) is 6.18. The summed E-state index contributed by atoms with van der Waals surface area (Å²) in [6, 6.07) is 7.85. The molecule has 4 nitrogen and oxygen atoms in total. The Balaban J connectivity index is 2.21. The lowest BCUT2D eigenvalue weighted by Crippen LogP contribution is -2.34. The van der Waals surface area contributed by atoms with Crippen LogP contribution in [0.4, 0.5) is 4.39 Å². The van der Waals surface area contributed by atoms with Gasteiger partial charge in [0.05, 0.1) is 23.6 Å². The number of benzene rings is 1. The molecule has 0 aromatic heterocycles. The zero-order valence-corrected chi connectivity index (χ0v) is 12.2. The van der Waals surface area contributed by atoms with Gasteiger partial charge in [-0.3, -0.25) is 4.79 Å². The molecule has 112 valence electrons. The van der Waals surface area contributed by atoms with Crippen LogP contribution in [0.1, 0.15) is 38.3 Å². The molecule has 1 heterocycles. The van der Waals surface area contributed by atoms with E-state index in [1.807, 2.05) is 0 Å². The van der Waals surface area contributed by atoms with Crippen LogP contribution in [0.25, 0.3) is 0 Å². The molecule has 0 spiro atoms. The topological polar surface area (TPSA) is 64.3 Å². The molecule has 1 aromatic carbocycles. The number of carbonyl (C=O) groups excluding carboxylic acids is 1. The van der Waals surface area contributed by atoms with Crippen LogP contribution in [-0.2, 0) is 4.79 Å². The van der Waals surface area contributed by atoms with E-state index in [-0.39, 0.29) is 30.7 Å². The van der Waals surface area contributed by atoms with E-state index >= 15 is 0 Å². The fraction of sp³-hybridized carbons (Fsp3) is 0.500. The molecule has 0 aliphatic carbocycles. The van der Waals surface area contributed by atoms with Crippen molar-refractivity contribution in [1.82, 2.24) is 4.90 Å². The van der Waals surface area contributed by atoms with E-state index in [1.54, 1.807) is 30.9 Å². The minimum atomic E-state index is -0.753. The van der Waals surface area contributed by atoms with Gasteiger partial charge in [-0.05, 0) is 38.0 Å². The normalized spacial score (nSPS) is 22.1. The van der Waals surface area contributed by atoms with Gasteiger partial charge in [0.1, 0.15) is 5.82 Å². The Morgan fingerprint density at radius 2 is 2.29 bits per heavy atom. The van der Waals surface area contributed by atoms with Gasteiger partial charge < -0.3 is 10.0 Å². The summed E-state index contributed by atoms with van der Waals surface area (Å²) < 4.78 is 13.4. The maximum Gasteiger partial charge on any atom is 0.224 e. The lowest BCUT2D eigenvalue weighted by Gasteiger charge is -2.27. The first-order valence-corrected chi connectivity index (χ1v) is 6.96. The summed E-state index contributed by atoms with van der Waals surface area (Å²) in [4.78, 5) is 14.0. The van der Waals surface area contributed by atoms with Gasteiger partial charge in [0.2, 0.25) is 5.91 Å². The van der Waals surface area contributed by atoms with Crippen LogP contribution in [0.15, 0.2) is 24.3 Å². The first kappa shape index (κ1) is 15.5. The van der Waals surface area contributed by atoms with E-state index in [0.29, 0.717) is 12.0 Å². The van der Waals surface area contributed by atoms with Gasteiger partial charge in [-0.25, -0.2) is 4.39 Å². The van der Waals surface area contributed by atoms with Crippen molar-refractivity contribution in [3.8, 4) is 6.07 Å². The van der Waals surface area contributed by atoms with Gasteiger partial charge in [0.25, 0.3) is 0 Å². The fourth-order valence-corrected chi connectivity index (χ4v) is 2.64. The molecule has 0 radical (unpaired) electrons. The number of β-amino-alcohol motifs (C(OH)–C–C–N with tert-alkyl or cyclic N) is 1. The highest BCUT2D eigenvalue weighted by molar-refractivity contribution is 5.78. The molecule has 21 heavy (non-hydrogen) atoms. The number of amides is 1. The Morgan fingerprint density at radius 3 is 2.90 bits per heavy atom. The van der Waals surface area contributed by atoms with E-state index in [1.165, 1.54) is 12.1 Å². The third-order valence-electron chi connectivity index (χ3n) is 3.73. The minimum Gasteiger partial charge on any atom is -0.391 e. The average molecular weight is 290 g/mol. The van der Waals surface area contributed by atoms with Crippen molar-refractivity contribution in [2.45, 2.75) is 38.8 Å². The average Bonchev–Trinajstić information content (AvgIpc) is 2.80. The third kappa shape index (κ3) is 3.59. The van der Waals surface area contributed by atoms with Crippen LogP contribution in [0.2, 0.25) is 0 Å². The van der Waals surface area contributed by atoms with E-state index < -0.39 is 11.5 Å². The molecule has 1 amide bonds. The number of hydrogen-bond donors (Lipinski definition) is 1. The molecule has 1 saturated heterocycles. The number of nitrogens with zero attached hydrogens (tertiary/aromatic N) is 2. The van der Waals surface area contributed by atoms with Gasteiger partial charge in [0, 0.05) is 13.0 Å². The van der Waals surface area contributed by atoms with Crippen molar-refractivity contribution in [2.24, 2.45) is 5.41 Å². The highest BCUT2D eigenvalue weighted by Crippen LogP contribution is 2.34. The summed E-state index contributed by atoms with van der Waals surface area (Å²) in [5.41, 5.74) is -0.0772. The summed E-state index contributed by atoms with van der Waals surface area (Å²) in [5, 5.41) is 18.9. The van der Waals surface area contributed by atoms with Crippen molar-refractivity contribution in [2.75, 3.05) is 6.54 Å². The van der Waals surface area contributed by atoms with Crippen LogP contribution in [0.3, 0.4) is 0 Å². The molecular formula is C16H19FN2O2. The van der Waals surface area contributed by atoms with Gasteiger partial charge >= 0.3 is 0 Å². The van der Waals surface area contributed by atoms with Crippen LogP contribution in [0, 0.1) is 22.6 Å². The highest BCUT2D eigenvalue weighted by atomic mass is 19.1. The first-order chi connectivity index (χ1) is 9.82. The van der Waals surface area contributed by atoms with Crippen molar-refractivity contribution in [3.63, 3.8) is 0 Å². The number of rotatable bonds is 3. The summed E-state index contributed by atoms with van der Waals surface area (Å²) in [6.07, 6.45) is -0.142. The van der Waals surface area contributed by atoms with Gasteiger partial charge in [-0.15, -0.1) is 0 Å². The summed E-state index contributed by atoms with van der Waals surface area (Å²) in [6.45, 7) is 3.63. The van der Waals surface area contributed by atoms with Crippen LogP contribution in [0.5, 0.6) is 0 Å². The SMILES string of the molecule is CC(C)(C#N)CC(=O)N1C[C@@H](O)C[C@H]1c1cccc(F)c1. The number of likely N-dealkylation sites (tertiary alicyclic amines) is 1. The van der Waals surface area contributed by atoms with Gasteiger partial charge in [-0.2, -0.15) is 5.26 Å². The summed E-state index contributed by atoms with van der Waals surface area (Å²) in [5.74, 6) is -0.550. The number of aliphatic hydroxyl groups is 1. The van der Waals surface area contributed by atoms with Crippen molar-refractivity contribution >= 4 is 5.91 Å². The largest absolute Gasteiger partial charge is 0.391 e. The zero-order chi connectivity index (χ0) is 15.6. The molecule has 0 unspecified atom stereocenters. The smallest absolute Gasteiger partial charge is 0.224 e. The Kier molecular flexibility index (Phi) is 4.29.